The third kappa shape index (κ3) is 10.3. The summed E-state index contributed by atoms with van der Waals surface area (Å²) in [5.74, 6) is 0. The maximum atomic E-state index is 11.1. The average Bonchev–Trinajstić information content (AvgIpc) is 2.56. The first-order valence-corrected chi connectivity index (χ1v) is 11.6. The molecule has 0 saturated carbocycles. The Morgan fingerprint density at radius 2 is 1.27 bits per heavy atom. The SMILES string of the molecule is CCCCCCCCCCCC[N+](C)(C)Cc1ccc(S(=O)(=O)O)cc1. The van der Waals surface area contributed by atoms with Crippen molar-refractivity contribution in [3.05, 3.63) is 29.8 Å². The zero-order valence-electron chi connectivity index (χ0n) is 16.9. The summed E-state index contributed by atoms with van der Waals surface area (Å²) in [7, 11) is 0.325. The predicted octanol–water partition coefficient (Wildman–Crippen LogP) is 5.43. The molecule has 1 aromatic carbocycles. The molecule has 0 aliphatic heterocycles. The van der Waals surface area contributed by atoms with Crippen molar-refractivity contribution in [2.45, 2.75) is 82.6 Å². The Balaban J connectivity index is 2.20. The lowest BCUT2D eigenvalue weighted by Crippen LogP contribution is -2.39. The van der Waals surface area contributed by atoms with Crippen LogP contribution in [0.2, 0.25) is 0 Å². The van der Waals surface area contributed by atoms with Gasteiger partial charge in [-0.15, -0.1) is 0 Å². The van der Waals surface area contributed by atoms with Gasteiger partial charge in [-0.2, -0.15) is 8.42 Å². The lowest BCUT2D eigenvalue weighted by molar-refractivity contribution is -0.903. The minimum absolute atomic E-state index is 0.0405. The van der Waals surface area contributed by atoms with Crippen molar-refractivity contribution in [2.75, 3.05) is 20.6 Å². The fraction of sp³-hybridized carbons (Fsp3) is 0.714. The summed E-state index contributed by atoms with van der Waals surface area (Å²) in [6, 6.07) is 6.54. The molecule has 4 nitrogen and oxygen atoms in total. The second-order valence-electron chi connectivity index (χ2n) is 8.12. The number of rotatable bonds is 14. The van der Waals surface area contributed by atoms with Crippen LogP contribution in [0.25, 0.3) is 0 Å². The molecule has 0 radical (unpaired) electrons. The number of hydrogen-bond acceptors (Lipinski definition) is 2. The molecule has 0 bridgehead atoms. The molecule has 0 aliphatic rings. The molecule has 0 heterocycles. The highest BCUT2D eigenvalue weighted by Crippen LogP contribution is 2.16. The molecular weight excluding hydrogens is 346 g/mol. The van der Waals surface area contributed by atoms with Crippen LogP contribution in [0.4, 0.5) is 0 Å². The fourth-order valence-corrected chi connectivity index (χ4v) is 3.85. The van der Waals surface area contributed by atoms with Gasteiger partial charge < -0.3 is 4.48 Å². The normalized spacial score (nSPS) is 12.5. The Hall–Kier alpha value is -0.910. The van der Waals surface area contributed by atoms with Gasteiger partial charge in [-0.1, -0.05) is 70.4 Å². The number of hydrogen-bond donors (Lipinski definition) is 1. The van der Waals surface area contributed by atoms with E-state index in [1.807, 2.05) is 0 Å². The van der Waals surface area contributed by atoms with Crippen LogP contribution in [-0.2, 0) is 16.7 Å². The molecule has 1 rings (SSSR count). The van der Waals surface area contributed by atoms with E-state index >= 15 is 0 Å². The van der Waals surface area contributed by atoms with Gasteiger partial charge in [-0.05, 0) is 25.0 Å². The van der Waals surface area contributed by atoms with E-state index in [0.29, 0.717) is 0 Å². The lowest BCUT2D eigenvalue weighted by Gasteiger charge is -2.30. The fourth-order valence-electron chi connectivity index (χ4n) is 3.37. The van der Waals surface area contributed by atoms with Crippen LogP contribution >= 0.6 is 0 Å². The molecule has 0 atom stereocenters. The van der Waals surface area contributed by atoms with E-state index in [9.17, 15) is 8.42 Å². The van der Waals surface area contributed by atoms with Crippen molar-refractivity contribution in [3.63, 3.8) is 0 Å². The smallest absolute Gasteiger partial charge is 0.294 e. The average molecular weight is 385 g/mol. The quantitative estimate of drug-likeness (QED) is 0.264. The molecule has 0 saturated heterocycles. The summed E-state index contributed by atoms with van der Waals surface area (Å²) < 4.78 is 32.1. The zero-order valence-corrected chi connectivity index (χ0v) is 17.7. The summed E-state index contributed by atoms with van der Waals surface area (Å²) in [6.07, 6.45) is 13.5. The molecule has 26 heavy (non-hydrogen) atoms. The van der Waals surface area contributed by atoms with Crippen LogP contribution in [-0.4, -0.2) is 38.1 Å². The van der Waals surface area contributed by atoms with Gasteiger partial charge in [0.15, 0.2) is 0 Å². The van der Waals surface area contributed by atoms with E-state index in [2.05, 4.69) is 21.0 Å². The Morgan fingerprint density at radius 3 is 1.73 bits per heavy atom. The molecule has 0 spiro atoms. The van der Waals surface area contributed by atoms with Crippen LogP contribution in [0, 0.1) is 0 Å². The summed E-state index contributed by atoms with van der Waals surface area (Å²) in [6.45, 7) is 4.24. The minimum Gasteiger partial charge on any atom is -0.325 e. The number of unbranched alkanes of at least 4 members (excludes halogenated alkanes) is 9. The van der Waals surface area contributed by atoms with E-state index < -0.39 is 10.1 Å². The van der Waals surface area contributed by atoms with Crippen molar-refractivity contribution in [1.82, 2.24) is 0 Å². The number of quaternary nitrogens is 1. The summed E-state index contributed by atoms with van der Waals surface area (Å²) in [5, 5.41) is 0. The topological polar surface area (TPSA) is 54.4 Å². The van der Waals surface area contributed by atoms with E-state index in [-0.39, 0.29) is 4.90 Å². The Morgan fingerprint density at radius 1 is 0.808 bits per heavy atom. The van der Waals surface area contributed by atoms with Gasteiger partial charge in [0.25, 0.3) is 10.1 Å². The number of nitrogens with zero attached hydrogens (tertiary/aromatic N) is 1. The van der Waals surface area contributed by atoms with Gasteiger partial charge in [0, 0.05) is 5.56 Å². The third-order valence-corrected chi connectivity index (χ3v) is 5.82. The lowest BCUT2D eigenvalue weighted by atomic mass is 10.1. The van der Waals surface area contributed by atoms with Crippen LogP contribution < -0.4 is 0 Å². The highest BCUT2D eigenvalue weighted by Gasteiger charge is 2.16. The van der Waals surface area contributed by atoms with Gasteiger partial charge in [0.2, 0.25) is 0 Å². The van der Waals surface area contributed by atoms with Crippen LogP contribution in [0.5, 0.6) is 0 Å². The van der Waals surface area contributed by atoms with E-state index in [0.717, 1.165) is 23.1 Å². The van der Waals surface area contributed by atoms with Gasteiger partial charge in [0.05, 0.1) is 25.5 Å². The monoisotopic (exact) mass is 384 g/mol. The summed E-state index contributed by atoms with van der Waals surface area (Å²) in [4.78, 5) is -0.0405. The van der Waals surface area contributed by atoms with Crippen molar-refractivity contribution in [2.24, 2.45) is 0 Å². The molecule has 0 unspecified atom stereocenters. The first-order chi connectivity index (χ1) is 12.2. The standard InChI is InChI=1S/C21H37NO3S/c1-4-5-6-7-8-9-10-11-12-13-18-22(2,3)19-20-14-16-21(17-15-20)26(23,24)25/h14-17H,4-13,18-19H2,1-3H3/p+1. The first kappa shape index (κ1) is 23.1. The Kier molecular flexibility index (Phi) is 10.4. The van der Waals surface area contributed by atoms with E-state index in [1.165, 1.54) is 76.3 Å². The highest BCUT2D eigenvalue weighted by atomic mass is 32.2. The largest absolute Gasteiger partial charge is 0.325 e. The molecule has 0 amide bonds. The van der Waals surface area contributed by atoms with Crippen molar-refractivity contribution in [1.29, 1.82) is 0 Å². The van der Waals surface area contributed by atoms with Gasteiger partial charge >= 0.3 is 0 Å². The maximum absolute atomic E-state index is 11.1. The molecule has 1 aromatic rings. The highest BCUT2D eigenvalue weighted by molar-refractivity contribution is 7.85. The molecular formula is C21H38NO3S+. The molecule has 150 valence electrons. The van der Waals surface area contributed by atoms with Gasteiger partial charge in [-0.3, -0.25) is 4.55 Å². The summed E-state index contributed by atoms with van der Waals surface area (Å²) in [5.41, 5.74) is 1.09. The van der Waals surface area contributed by atoms with E-state index in [1.54, 1.807) is 12.1 Å². The van der Waals surface area contributed by atoms with Crippen LogP contribution in [0.3, 0.4) is 0 Å². The van der Waals surface area contributed by atoms with Crippen molar-refractivity contribution < 1.29 is 17.5 Å². The molecule has 1 N–H and O–H groups in total. The third-order valence-electron chi connectivity index (χ3n) is 4.95. The minimum atomic E-state index is -4.10. The maximum Gasteiger partial charge on any atom is 0.294 e. The second kappa shape index (κ2) is 11.7. The Labute approximate surface area is 161 Å². The van der Waals surface area contributed by atoms with Crippen molar-refractivity contribution in [3.8, 4) is 0 Å². The van der Waals surface area contributed by atoms with Gasteiger partial charge in [0.1, 0.15) is 6.54 Å². The molecule has 0 aromatic heterocycles. The zero-order chi connectivity index (χ0) is 19.5. The van der Waals surface area contributed by atoms with Crippen LogP contribution in [0.1, 0.15) is 76.7 Å². The Bertz CT molecular complexity index is 594. The van der Waals surface area contributed by atoms with Gasteiger partial charge in [-0.25, -0.2) is 0 Å². The van der Waals surface area contributed by atoms with Crippen LogP contribution in [0.15, 0.2) is 29.2 Å². The predicted molar refractivity (Wildman–Crippen MR) is 109 cm³/mol. The molecule has 0 fully saturated rings. The molecule has 0 aliphatic carbocycles. The summed E-state index contributed by atoms with van der Waals surface area (Å²) >= 11 is 0. The second-order valence-corrected chi connectivity index (χ2v) is 9.54. The number of benzene rings is 1. The van der Waals surface area contributed by atoms with Crippen molar-refractivity contribution >= 4 is 10.1 Å². The van der Waals surface area contributed by atoms with E-state index in [4.69, 9.17) is 4.55 Å². The first-order valence-electron chi connectivity index (χ1n) is 10.1. The molecule has 5 heteroatoms.